The van der Waals surface area contributed by atoms with E-state index in [1.54, 1.807) is 19.5 Å². The van der Waals surface area contributed by atoms with Crippen molar-refractivity contribution in [3.8, 4) is 5.75 Å². The number of para-hydroxylation sites is 1. The van der Waals surface area contributed by atoms with Gasteiger partial charge in [-0.2, -0.15) is 4.98 Å². The number of ether oxygens (including phenoxy) is 1. The van der Waals surface area contributed by atoms with E-state index < -0.39 is 7.14 Å². The van der Waals surface area contributed by atoms with Crippen LogP contribution < -0.4 is 25.6 Å². The number of anilines is 5. The summed E-state index contributed by atoms with van der Waals surface area (Å²) in [5.74, 6) is 1.66. The summed E-state index contributed by atoms with van der Waals surface area (Å²) in [6.07, 6.45) is 4.94. The summed E-state index contributed by atoms with van der Waals surface area (Å²) in [4.78, 5) is 27.8. The van der Waals surface area contributed by atoms with E-state index in [1.165, 1.54) is 6.08 Å². The van der Waals surface area contributed by atoms with Gasteiger partial charge in [0.1, 0.15) is 24.5 Å². The second kappa shape index (κ2) is 12.2. The summed E-state index contributed by atoms with van der Waals surface area (Å²) >= 11 is 6.43. The molecule has 3 aliphatic rings. The number of fused-ring (bicyclic) bond motifs is 3. The van der Waals surface area contributed by atoms with Gasteiger partial charge in [-0.25, -0.2) is 4.98 Å². The molecule has 0 saturated carbocycles. The van der Waals surface area contributed by atoms with Gasteiger partial charge in [-0.1, -0.05) is 30.3 Å². The van der Waals surface area contributed by atoms with Crippen LogP contribution in [0.1, 0.15) is 12.8 Å². The number of piperidine rings is 1. The lowest BCUT2D eigenvalue weighted by molar-refractivity contribution is -0.127. The summed E-state index contributed by atoms with van der Waals surface area (Å²) < 4.78 is 19.1. The number of likely N-dealkylation sites (tertiary alicyclic amines) is 1. The molecule has 0 radical (unpaired) electrons. The Morgan fingerprint density at radius 3 is 2.65 bits per heavy atom. The molecule has 4 heterocycles. The zero-order chi connectivity index (χ0) is 30.1. The van der Waals surface area contributed by atoms with E-state index in [0.29, 0.717) is 35.1 Å². The first-order valence-electron chi connectivity index (χ1n) is 14.6. The molecule has 2 saturated heterocycles. The molecular formula is C31H37ClN7O3P. The van der Waals surface area contributed by atoms with Gasteiger partial charge < -0.3 is 29.7 Å². The first-order valence-corrected chi connectivity index (χ1v) is 17.6. The average Bonchev–Trinajstić information content (AvgIpc) is 3.01. The molecule has 0 aliphatic carbocycles. The molecule has 6 rings (SSSR count). The van der Waals surface area contributed by atoms with E-state index >= 15 is 0 Å². The molecule has 2 N–H and O–H groups in total. The minimum Gasteiger partial charge on any atom is -0.489 e. The molecule has 12 heteroatoms. The van der Waals surface area contributed by atoms with E-state index in [1.807, 2.05) is 41.3 Å². The fourth-order valence-electron chi connectivity index (χ4n) is 6.20. The Morgan fingerprint density at radius 1 is 1.09 bits per heavy atom. The maximum atomic E-state index is 12.8. The van der Waals surface area contributed by atoms with Crippen LogP contribution in [-0.4, -0.2) is 90.4 Å². The third-order valence-corrected chi connectivity index (χ3v) is 10.2. The highest BCUT2D eigenvalue weighted by Gasteiger charge is 2.36. The topological polar surface area (TPSA) is 103 Å². The van der Waals surface area contributed by atoms with Crippen molar-refractivity contribution in [1.82, 2.24) is 19.8 Å². The normalized spacial score (nSPS) is 19.2. The van der Waals surface area contributed by atoms with Gasteiger partial charge in [-0.3, -0.25) is 9.69 Å². The highest BCUT2D eigenvalue weighted by atomic mass is 35.5. The van der Waals surface area contributed by atoms with E-state index in [9.17, 15) is 9.36 Å². The first kappa shape index (κ1) is 29.5. The molecule has 1 amide bonds. The summed E-state index contributed by atoms with van der Waals surface area (Å²) in [6.45, 7) is 12.1. The van der Waals surface area contributed by atoms with Gasteiger partial charge in [0, 0.05) is 55.8 Å². The summed E-state index contributed by atoms with van der Waals surface area (Å²) in [6, 6.07) is 14.3. The molecule has 3 aliphatic heterocycles. The van der Waals surface area contributed by atoms with Crippen LogP contribution in [0.15, 0.2) is 61.3 Å². The molecular weight excluding hydrogens is 585 g/mol. The lowest BCUT2D eigenvalue weighted by Crippen LogP contribution is -2.60. The fourth-order valence-corrected chi connectivity index (χ4v) is 7.50. The molecule has 10 nitrogen and oxygen atoms in total. The molecule has 43 heavy (non-hydrogen) atoms. The minimum atomic E-state index is -2.52. The SMILES string of the molecule is C=CC(=O)N1CCC(N2CCN3c4ccc(Nc5ncc(Cl)c(Nc6ccccc6P(C)(C)=O)n5)cc4OC[C@H]3C2)CC1. The lowest BCUT2D eigenvalue weighted by Gasteiger charge is -2.49. The van der Waals surface area contributed by atoms with Crippen LogP contribution in [0.2, 0.25) is 5.02 Å². The monoisotopic (exact) mass is 621 g/mol. The summed E-state index contributed by atoms with van der Waals surface area (Å²) in [7, 11) is -2.52. The second-order valence-electron chi connectivity index (χ2n) is 11.6. The van der Waals surface area contributed by atoms with E-state index in [4.69, 9.17) is 16.3 Å². The zero-order valence-corrected chi connectivity index (χ0v) is 26.2. The van der Waals surface area contributed by atoms with Crippen molar-refractivity contribution in [2.45, 2.75) is 24.9 Å². The molecule has 226 valence electrons. The van der Waals surface area contributed by atoms with Crippen molar-refractivity contribution in [3.63, 3.8) is 0 Å². The predicted molar refractivity (Wildman–Crippen MR) is 174 cm³/mol. The summed E-state index contributed by atoms with van der Waals surface area (Å²) in [5.41, 5.74) is 2.59. The van der Waals surface area contributed by atoms with Crippen LogP contribution in [0, 0.1) is 0 Å². The third kappa shape index (κ3) is 6.37. The Balaban J connectivity index is 1.11. The number of nitrogens with zero attached hydrogens (tertiary/aromatic N) is 5. The van der Waals surface area contributed by atoms with Gasteiger partial charge in [-0.15, -0.1) is 0 Å². The van der Waals surface area contributed by atoms with Crippen LogP contribution >= 0.6 is 18.7 Å². The Morgan fingerprint density at radius 2 is 1.88 bits per heavy atom. The number of halogens is 1. The van der Waals surface area contributed by atoms with Gasteiger partial charge in [0.05, 0.1) is 23.6 Å². The van der Waals surface area contributed by atoms with Gasteiger partial charge in [-0.05, 0) is 56.5 Å². The second-order valence-corrected chi connectivity index (χ2v) is 15.2. The number of hydrogen-bond acceptors (Lipinski definition) is 9. The maximum absolute atomic E-state index is 12.8. The van der Waals surface area contributed by atoms with Gasteiger partial charge in [0.25, 0.3) is 0 Å². The van der Waals surface area contributed by atoms with Gasteiger partial charge >= 0.3 is 0 Å². The van der Waals surface area contributed by atoms with Crippen LogP contribution in [0.5, 0.6) is 5.75 Å². The van der Waals surface area contributed by atoms with Crippen molar-refractivity contribution >= 4 is 58.8 Å². The largest absolute Gasteiger partial charge is 0.489 e. The number of rotatable bonds is 7. The highest BCUT2D eigenvalue weighted by Crippen LogP contribution is 2.40. The standard InChI is InChI=1S/C31H37ClN7O3P/c1-4-29(40)37-13-11-22(12-14-37)38-15-16-39-23(19-38)20-42-27-17-21(9-10-26(27)39)34-31-33-18-24(32)30(36-31)35-25-7-5-6-8-28(25)43(2,3)41/h4-10,17-18,22-23H,1,11-16,19-20H2,2-3H3,(H2,33,34,35,36)/t23-/m1/s1. The number of carbonyl (C=O) groups excluding carboxylic acids is 1. The maximum Gasteiger partial charge on any atom is 0.245 e. The Kier molecular flexibility index (Phi) is 8.36. The van der Waals surface area contributed by atoms with E-state index in [-0.39, 0.29) is 11.9 Å². The smallest absolute Gasteiger partial charge is 0.245 e. The molecule has 0 spiro atoms. The van der Waals surface area contributed by atoms with Gasteiger partial charge in [0.2, 0.25) is 11.9 Å². The number of carbonyl (C=O) groups is 1. The first-order chi connectivity index (χ1) is 20.7. The Hall–Kier alpha value is -3.59. The average molecular weight is 622 g/mol. The third-order valence-electron chi connectivity index (χ3n) is 8.42. The number of hydrogen-bond donors (Lipinski definition) is 2. The van der Waals surface area contributed by atoms with Crippen LogP contribution in [0.4, 0.5) is 28.8 Å². The molecule has 1 atom stereocenters. The summed E-state index contributed by atoms with van der Waals surface area (Å²) in [5, 5.41) is 7.60. The van der Waals surface area contributed by atoms with Crippen molar-refractivity contribution < 1.29 is 14.1 Å². The molecule has 1 aromatic heterocycles. The predicted octanol–water partition coefficient (Wildman–Crippen LogP) is 4.93. The number of nitrogens with one attached hydrogen (secondary N) is 2. The lowest BCUT2D eigenvalue weighted by atomic mass is 9.99. The Labute approximate surface area is 257 Å². The van der Waals surface area contributed by atoms with Crippen LogP contribution in [0.3, 0.4) is 0 Å². The fraction of sp³-hybridized carbons (Fsp3) is 0.387. The molecule has 0 unspecified atom stereocenters. The minimum absolute atomic E-state index is 0.0287. The number of aromatic nitrogens is 2. The Bertz CT molecular complexity index is 1570. The number of amides is 1. The highest BCUT2D eigenvalue weighted by molar-refractivity contribution is 7.70. The van der Waals surface area contributed by atoms with Crippen molar-refractivity contribution in [2.75, 3.05) is 68.2 Å². The zero-order valence-electron chi connectivity index (χ0n) is 24.5. The quantitative estimate of drug-likeness (QED) is 0.281. The number of piperazine rings is 1. The molecule has 2 fully saturated rings. The van der Waals surface area contributed by atoms with E-state index in [2.05, 4.69) is 43.0 Å². The molecule has 2 aromatic carbocycles. The van der Waals surface area contributed by atoms with Crippen LogP contribution in [0.25, 0.3) is 0 Å². The van der Waals surface area contributed by atoms with Crippen molar-refractivity contribution in [3.05, 3.63) is 66.3 Å². The van der Waals surface area contributed by atoms with E-state index in [0.717, 1.165) is 68.0 Å². The molecule has 0 bridgehead atoms. The van der Waals surface area contributed by atoms with Crippen molar-refractivity contribution in [2.24, 2.45) is 0 Å². The van der Waals surface area contributed by atoms with Crippen molar-refractivity contribution in [1.29, 1.82) is 0 Å². The molecule has 3 aromatic rings. The van der Waals surface area contributed by atoms with Crippen LogP contribution in [-0.2, 0) is 9.36 Å². The van der Waals surface area contributed by atoms with Gasteiger partial charge in [0.15, 0.2) is 5.82 Å². The number of benzene rings is 2.